The second-order valence-electron chi connectivity index (χ2n) is 3.06. The molecule has 0 heterocycles. The van der Waals surface area contributed by atoms with Crippen LogP contribution in [0.3, 0.4) is 0 Å². The second-order valence-corrected chi connectivity index (χ2v) is 4.70. The summed E-state index contributed by atoms with van der Waals surface area (Å²) in [6, 6.07) is 1.36. The molecule has 0 saturated carbocycles. The third-order valence-corrected chi connectivity index (χ3v) is 3.09. The molecule has 0 radical (unpaired) electrons. The fourth-order valence-corrected chi connectivity index (χ4v) is 2.35. The number of aliphatic hydroxyl groups is 2. The zero-order chi connectivity index (χ0) is 12.3. The van der Waals surface area contributed by atoms with Crippen LogP contribution >= 0.6 is 39.1 Å². The number of hydrogen-bond acceptors (Lipinski definition) is 3. The summed E-state index contributed by atoms with van der Waals surface area (Å²) in [4.78, 5) is 0. The van der Waals surface area contributed by atoms with Crippen molar-refractivity contribution >= 4 is 44.8 Å². The van der Waals surface area contributed by atoms with Gasteiger partial charge in [0.2, 0.25) is 0 Å². The predicted octanol–water partition coefficient (Wildman–Crippen LogP) is 2.66. The lowest BCUT2D eigenvalue weighted by Crippen LogP contribution is -2.23. The molecule has 0 amide bonds. The molecule has 0 saturated heterocycles. The maximum absolute atomic E-state index is 13.3. The highest BCUT2D eigenvalue weighted by Gasteiger charge is 2.15. The molecule has 90 valence electrons. The zero-order valence-corrected chi connectivity index (χ0v) is 11.1. The van der Waals surface area contributed by atoms with Gasteiger partial charge in [-0.05, 0) is 22.0 Å². The first-order valence-corrected chi connectivity index (χ1v) is 5.88. The number of benzene rings is 1. The Bertz CT molecular complexity index is 392. The Balaban J connectivity index is 2.92. The summed E-state index contributed by atoms with van der Waals surface area (Å²) in [5.74, 6) is -0.729. The fraction of sp³-hybridized carbons (Fsp3) is 0.333. The molecule has 16 heavy (non-hydrogen) atoms. The van der Waals surface area contributed by atoms with E-state index in [9.17, 15) is 4.39 Å². The van der Waals surface area contributed by atoms with Gasteiger partial charge in [-0.1, -0.05) is 23.2 Å². The molecule has 0 aromatic heterocycles. The number of nitrogens with one attached hydrogen (secondary N) is 1. The van der Waals surface area contributed by atoms with Gasteiger partial charge in [0, 0.05) is 11.0 Å². The molecule has 0 bridgehead atoms. The zero-order valence-electron chi connectivity index (χ0n) is 7.98. The molecule has 0 aliphatic heterocycles. The van der Waals surface area contributed by atoms with Gasteiger partial charge in [0.1, 0.15) is 5.02 Å². The van der Waals surface area contributed by atoms with Gasteiger partial charge in [0.15, 0.2) is 5.82 Å². The standard InChI is InChI=1S/C9H9BrCl2FNO2/c10-5-1-6(11)8(13)7(12)9(5)14-2-4(16)3-15/h1,4,14-16H,2-3H2. The summed E-state index contributed by atoms with van der Waals surface area (Å²) in [5, 5.41) is 20.2. The van der Waals surface area contributed by atoms with E-state index >= 15 is 0 Å². The van der Waals surface area contributed by atoms with Gasteiger partial charge >= 0.3 is 0 Å². The van der Waals surface area contributed by atoms with E-state index in [2.05, 4.69) is 21.2 Å². The van der Waals surface area contributed by atoms with Crippen molar-refractivity contribution in [2.75, 3.05) is 18.5 Å². The molecule has 1 atom stereocenters. The van der Waals surface area contributed by atoms with Gasteiger partial charge in [-0.2, -0.15) is 0 Å². The maximum atomic E-state index is 13.3. The van der Waals surface area contributed by atoms with Gasteiger partial charge in [0.05, 0.1) is 23.4 Å². The third-order valence-electron chi connectivity index (χ3n) is 1.84. The molecule has 3 N–H and O–H groups in total. The highest BCUT2D eigenvalue weighted by atomic mass is 79.9. The van der Waals surface area contributed by atoms with Gasteiger partial charge < -0.3 is 15.5 Å². The van der Waals surface area contributed by atoms with Gasteiger partial charge in [-0.25, -0.2) is 4.39 Å². The molecule has 3 nitrogen and oxygen atoms in total. The van der Waals surface area contributed by atoms with E-state index < -0.39 is 18.5 Å². The van der Waals surface area contributed by atoms with E-state index in [1.165, 1.54) is 6.07 Å². The monoisotopic (exact) mass is 331 g/mol. The number of rotatable bonds is 4. The minimum absolute atomic E-state index is 0.0515. The first-order valence-electron chi connectivity index (χ1n) is 4.33. The van der Waals surface area contributed by atoms with Crippen LogP contribution in [0.2, 0.25) is 10.0 Å². The van der Waals surface area contributed by atoms with Crippen molar-refractivity contribution < 1.29 is 14.6 Å². The molecule has 1 aromatic rings. The van der Waals surface area contributed by atoms with E-state index in [1.54, 1.807) is 0 Å². The highest BCUT2D eigenvalue weighted by Crippen LogP contribution is 2.36. The van der Waals surface area contributed by atoms with E-state index in [-0.39, 0.29) is 22.3 Å². The summed E-state index contributed by atoms with van der Waals surface area (Å²) in [6.07, 6.45) is -0.943. The third kappa shape index (κ3) is 3.21. The van der Waals surface area contributed by atoms with Crippen LogP contribution in [-0.4, -0.2) is 29.5 Å². The number of anilines is 1. The van der Waals surface area contributed by atoms with Crippen molar-refractivity contribution in [2.24, 2.45) is 0 Å². The molecule has 0 aliphatic rings. The molecule has 1 rings (SSSR count). The largest absolute Gasteiger partial charge is 0.394 e. The number of halogens is 4. The number of hydrogen-bond donors (Lipinski definition) is 3. The summed E-state index contributed by atoms with van der Waals surface area (Å²) in [5.41, 5.74) is 0.288. The van der Waals surface area contributed by atoms with Gasteiger partial charge in [-0.3, -0.25) is 0 Å². The Kier molecular flexibility index (Phi) is 5.27. The Morgan fingerprint density at radius 2 is 2.12 bits per heavy atom. The first-order chi connectivity index (χ1) is 7.47. The lowest BCUT2D eigenvalue weighted by Gasteiger charge is -2.14. The summed E-state index contributed by atoms with van der Waals surface area (Å²) in [6.45, 7) is -0.339. The van der Waals surface area contributed by atoms with E-state index in [4.69, 9.17) is 33.4 Å². The average molecular weight is 333 g/mol. The molecular formula is C9H9BrCl2FNO2. The summed E-state index contributed by atoms with van der Waals surface area (Å²) < 4.78 is 13.8. The van der Waals surface area contributed by atoms with Crippen molar-refractivity contribution in [3.8, 4) is 0 Å². The second kappa shape index (κ2) is 6.02. The van der Waals surface area contributed by atoms with Crippen LogP contribution in [-0.2, 0) is 0 Å². The lowest BCUT2D eigenvalue weighted by molar-refractivity contribution is 0.105. The van der Waals surface area contributed by atoms with Crippen molar-refractivity contribution in [3.05, 3.63) is 26.4 Å². The van der Waals surface area contributed by atoms with Crippen LogP contribution in [0.4, 0.5) is 10.1 Å². The Hall–Kier alpha value is -0.0700. The average Bonchev–Trinajstić information content (AvgIpc) is 2.25. The van der Waals surface area contributed by atoms with Crippen LogP contribution in [0, 0.1) is 5.82 Å². The number of aliphatic hydroxyl groups excluding tert-OH is 2. The molecule has 0 aliphatic carbocycles. The SMILES string of the molecule is OCC(O)CNc1c(Br)cc(Cl)c(F)c1Cl. The highest BCUT2D eigenvalue weighted by molar-refractivity contribution is 9.10. The Morgan fingerprint density at radius 1 is 1.50 bits per heavy atom. The Labute approximate surface area is 110 Å². The smallest absolute Gasteiger partial charge is 0.162 e. The molecule has 0 spiro atoms. The van der Waals surface area contributed by atoms with Crippen LogP contribution in [0.5, 0.6) is 0 Å². The predicted molar refractivity (Wildman–Crippen MR) is 65.7 cm³/mol. The van der Waals surface area contributed by atoms with Crippen LogP contribution in [0.25, 0.3) is 0 Å². The summed E-state index contributed by atoms with van der Waals surface area (Å²) >= 11 is 14.5. The maximum Gasteiger partial charge on any atom is 0.162 e. The molecule has 1 aromatic carbocycles. The minimum atomic E-state index is -0.943. The van der Waals surface area contributed by atoms with E-state index in [1.807, 2.05) is 0 Å². The molecule has 7 heteroatoms. The van der Waals surface area contributed by atoms with Crippen LogP contribution in [0.1, 0.15) is 0 Å². The molecular weight excluding hydrogens is 324 g/mol. The van der Waals surface area contributed by atoms with Crippen molar-refractivity contribution in [2.45, 2.75) is 6.10 Å². The normalized spacial score (nSPS) is 12.6. The molecule has 0 fully saturated rings. The van der Waals surface area contributed by atoms with Crippen molar-refractivity contribution in [1.29, 1.82) is 0 Å². The van der Waals surface area contributed by atoms with E-state index in [0.717, 1.165) is 0 Å². The lowest BCUT2D eigenvalue weighted by atomic mass is 10.3. The van der Waals surface area contributed by atoms with Crippen LogP contribution < -0.4 is 5.32 Å². The first kappa shape index (κ1) is 14.0. The fourth-order valence-electron chi connectivity index (χ4n) is 1.01. The molecule has 1 unspecified atom stereocenters. The minimum Gasteiger partial charge on any atom is -0.394 e. The van der Waals surface area contributed by atoms with Gasteiger partial charge in [-0.15, -0.1) is 0 Å². The quantitative estimate of drug-likeness (QED) is 0.587. The van der Waals surface area contributed by atoms with Crippen molar-refractivity contribution in [1.82, 2.24) is 0 Å². The van der Waals surface area contributed by atoms with Gasteiger partial charge in [0.25, 0.3) is 0 Å². The topological polar surface area (TPSA) is 52.5 Å². The van der Waals surface area contributed by atoms with E-state index in [0.29, 0.717) is 4.47 Å². The summed E-state index contributed by atoms with van der Waals surface area (Å²) in [7, 11) is 0. The Morgan fingerprint density at radius 3 is 2.69 bits per heavy atom. The van der Waals surface area contributed by atoms with Crippen molar-refractivity contribution in [3.63, 3.8) is 0 Å². The van der Waals surface area contributed by atoms with Crippen LogP contribution in [0.15, 0.2) is 10.5 Å².